The number of amides is 1. The maximum Gasteiger partial charge on any atom is 0.300 e. The summed E-state index contributed by atoms with van der Waals surface area (Å²) in [5.74, 6) is -1.30. The number of carbonyl (C=O) groups excluding carboxylic acids is 2. The lowest BCUT2D eigenvalue weighted by Crippen LogP contribution is -2.29. The van der Waals surface area contributed by atoms with Gasteiger partial charge in [-0.3, -0.25) is 14.5 Å². The van der Waals surface area contributed by atoms with E-state index >= 15 is 0 Å². The van der Waals surface area contributed by atoms with Gasteiger partial charge < -0.3 is 14.7 Å². The minimum absolute atomic E-state index is 0.0422. The van der Waals surface area contributed by atoms with Gasteiger partial charge >= 0.3 is 0 Å². The van der Waals surface area contributed by atoms with Crippen LogP contribution in [0.1, 0.15) is 31.0 Å². The second-order valence-corrected chi connectivity index (χ2v) is 9.08. The third-order valence-electron chi connectivity index (χ3n) is 6.30. The average molecular weight is 525 g/mol. The van der Waals surface area contributed by atoms with Crippen LogP contribution in [0.3, 0.4) is 0 Å². The SMILES string of the molecule is CCN(CC)c1ccc(N2C(=O)C(=O)/C(=C(\O)c3ccc(Cl)c(Cl)c3)C2c2cccc(OC)c2)cc1. The van der Waals surface area contributed by atoms with Gasteiger partial charge in [0.2, 0.25) is 0 Å². The molecule has 1 amide bonds. The van der Waals surface area contributed by atoms with Crippen molar-refractivity contribution < 1.29 is 19.4 Å². The largest absolute Gasteiger partial charge is 0.507 e. The maximum absolute atomic E-state index is 13.4. The summed E-state index contributed by atoms with van der Waals surface area (Å²) in [4.78, 5) is 30.3. The Morgan fingerprint density at radius 2 is 1.67 bits per heavy atom. The van der Waals surface area contributed by atoms with E-state index in [-0.39, 0.29) is 21.9 Å². The van der Waals surface area contributed by atoms with E-state index in [0.717, 1.165) is 18.8 Å². The van der Waals surface area contributed by atoms with Gasteiger partial charge in [-0.25, -0.2) is 0 Å². The lowest BCUT2D eigenvalue weighted by molar-refractivity contribution is -0.132. The highest BCUT2D eigenvalue weighted by atomic mass is 35.5. The first-order chi connectivity index (χ1) is 17.3. The summed E-state index contributed by atoms with van der Waals surface area (Å²) in [6.45, 7) is 5.82. The zero-order valence-electron chi connectivity index (χ0n) is 20.2. The zero-order chi connectivity index (χ0) is 26.0. The molecule has 1 fully saturated rings. The van der Waals surface area contributed by atoms with Gasteiger partial charge in [-0.2, -0.15) is 0 Å². The van der Waals surface area contributed by atoms with Crippen molar-refractivity contribution in [1.82, 2.24) is 0 Å². The molecule has 3 aromatic rings. The molecule has 186 valence electrons. The van der Waals surface area contributed by atoms with Gasteiger partial charge in [0.05, 0.1) is 28.8 Å². The molecule has 1 N–H and O–H groups in total. The molecule has 3 aromatic carbocycles. The number of Topliss-reactive ketones (excluding diaryl/α,β-unsaturated/α-hetero) is 1. The van der Waals surface area contributed by atoms with Crippen LogP contribution in [0.4, 0.5) is 11.4 Å². The van der Waals surface area contributed by atoms with E-state index in [1.807, 2.05) is 24.3 Å². The van der Waals surface area contributed by atoms with E-state index in [2.05, 4.69) is 18.7 Å². The third-order valence-corrected chi connectivity index (χ3v) is 7.04. The first-order valence-electron chi connectivity index (χ1n) is 11.6. The number of rotatable bonds is 7. The number of ketones is 1. The lowest BCUT2D eigenvalue weighted by atomic mass is 9.95. The highest BCUT2D eigenvalue weighted by Crippen LogP contribution is 2.43. The van der Waals surface area contributed by atoms with Gasteiger partial charge in [-0.15, -0.1) is 0 Å². The first kappa shape index (κ1) is 25.6. The van der Waals surface area contributed by atoms with Crippen molar-refractivity contribution in [2.45, 2.75) is 19.9 Å². The smallest absolute Gasteiger partial charge is 0.300 e. The molecule has 0 aliphatic carbocycles. The number of nitrogens with zero attached hydrogens (tertiary/aromatic N) is 2. The fourth-order valence-electron chi connectivity index (χ4n) is 4.44. The molecule has 6 nitrogen and oxygen atoms in total. The Morgan fingerprint density at radius 3 is 2.28 bits per heavy atom. The van der Waals surface area contributed by atoms with Crippen LogP contribution in [-0.4, -0.2) is 37.0 Å². The Hall–Kier alpha value is -3.48. The summed E-state index contributed by atoms with van der Waals surface area (Å²) in [7, 11) is 1.54. The molecule has 36 heavy (non-hydrogen) atoms. The van der Waals surface area contributed by atoms with Gasteiger partial charge in [0, 0.05) is 30.0 Å². The Bertz CT molecular complexity index is 1330. The van der Waals surface area contributed by atoms with Crippen LogP contribution < -0.4 is 14.5 Å². The van der Waals surface area contributed by atoms with E-state index in [4.69, 9.17) is 27.9 Å². The number of halogens is 2. The van der Waals surface area contributed by atoms with E-state index in [1.54, 1.807) is 30.3 Å². The van der Waals surface area contributed by atoms with E-state index in [1.165, 1.54) is 24.1 Å². The summed E-state index contributed by atoms with van der Waals surface area (Å²) < 4.78 is 5.38. The molecule has 0 bridgehead atoms. The topological polar surface area (TPSA) is 70.1 Å². The quantitative estimate of drug-likeness (QED) is 0.217. The van der Waals surface area contributed by atoms with Gasteiger partial charge in [-0.05, 0) is 74.0 Å². The number of carbonyl (C=O) groups is 2. The number of benzene rings is 3. The lowest BCUT2D eigenvalue weighted by Gasteiger charge is -2.27. The zero-order valence-corrected chi connectivity index (χ0v) is 21.7. The summed E-state index contributed by atoms with van der Waals surface area (Å²) in [6, 6.07) is 18.2. The number of ether oxygens (including phenoxy) is 1. The average Bonchev–Trinajstić information content (AvgIpc) is 3.16. The summed E-state index contributed by atoms with van der Waals surface area (Å²) in [5, 5.41) is 11.8. The number of anilines is 2. The second kappa shape index (κ2) is 10.6. The maximum atomic E-state index is 13.4. The molecule has 1 heterocycles. The van der Waals surface area contributed by atoms with Crippen LogP contribution in [0, 0.1) is 0 Å². The third kappa shape index (κ3) is 4.66. The normalized spacial score (nSPS) is 16.9. The van der Waals surface area contributed by atoms with E-state index < -0.39 is 17.7 Å². The Kier molecular flexibility index (Phi) is 7.57. The fourth-order valence-corrected chi connectivity index (χ4v) is 4.74. The van der Waals surface area contributed by atoms with Crippen molar-refractivity contribution in [1.29, 1.82) is 0 Å². The van der Waals surface area contributed by atoms with Gasteiger partial charge in [0.1, 0.15) is 11.5 Å². The Morgan fingerprint density at radius 1 is 0.972 bits per heavy atom. The monoisotopic (exact) mass is 524 g/mol. The fraction of sp³-hybridized carbons (Fsp3) is 0.214. The number of aliphatic hydroxyl groups excluding tert-OH is 1. The molecule has 1 aliphatic heterocycles. The van der Waals surface area contributed by atoms with Crippen molar-refractivity contribution in [3.05, 3.63) is 93.5 Å². The Balaban J connectivity index is 1.90. The number of aliphatic hydroxyl groups is 1. The minimum atomic E-state index is -0.881. The number of methoxy groups -OCH3 is 1. The Labute approximate surface area is 220 Å². The highest BCUT2D eigenvalue weighted by Gasteiger charge is 2.47. The first-order valence-corrected chi connectivity index (χ1v) is 12.3. The minimum Gasteiger partial charge on any atom is -0.507 e. The molecule has 1 saturated heterocycles. The van der Waals surface area contributed by atoms with Crippen molar-refractivity contribution in [2.24, 2.45) is 0 Å². The molecular weight excluding hydrogens is 499 g/mol. The van der Waals surface area contributed by atoms with Crippen molar-refractivity contribution >= 4 is 52.0 Å². The van der Waals surface area contributed by atoms with Gasteiger partial charge in [-0.1, -0.05) is 35.3 Å². The molecule has 1 aliphatic rings. The molecule has 0 aromatic heterocycles. The molecule has 1 atom stereocenters. The standard InChI is InChI=1S/C28H26Cl2N2O4/c1-4-31(5-2)19-10-12-20(13-11-19)32-25(17-7-6-8-21(15-17)36-3)24(27(34)28(32)35)26(33)18-9-14-22(29)23(30)16-18/h6-16,25,33H,4-5H2,1-3H3/b26-24-. The van der Waals surface area contributed by atoms with Crippen LogP contribution >= 0.6 is 23.2 Å². The molecule has 0 saturated carbocycles. The van der Waals surface area contributed by atoms with Crippen molar-refractivity contribution in [2.75, 3.05) is 30.0 Å². The van der Waals surface area contributed by atoms with Crippen LogP contribution in [0.2, 0.25) is 10.0 Å². The number of hydrogen-bond acceptors (Lipinski definition) is 5. The van der Waals surface area contributed by atoms with Crippen molar-refractivity contribution in [3.63, 3.8) is 0 Å². The molecule has 1 unspecified atom stereocenters. The summed E-state index contributed by atoms with van der Waals surface area (Å²) >= 11 is 12.2. The highest BCUT2D eigenvalue weighted by molar-refractivity contribution is 6.51. The molecule has 0 radical (unpaired) electrons. The second-order valence-electron chi connectivity index (χ2n) is 8.26. The molecular formula is C28H26Cl2N2O4. The van der Waals surface area contributed by atoms with E-state index in [9.17, 15) is 14.7 Å². The van der Waals surface area contributed by atoms with Crippen LogP contribution in [0.15, 0.2) is 72.3 Å². The van der Waals surface area contributed by atoms with Crippen LogP contribution in [0.5, 0.6) is 5.75 Å². The predicted octanol–water partition coefficient (Wildman–Crippen LogP) is 6.47. The summed E-state index contributed by atoms with van der Waals surface area (Å²) in [5.41, 5.74) is 2.40. The van der Waals surface area contributed by atoms with Crippen LogP contribution in [-0.2, 0) is 9.59 Å². The van der Waals surface area contributed by atoms with Gasteiger partial charge in [0.15, 0.2) is 0 Å². The molecule has 8 heteroatoms. The summed E-state index contributed by atoms with van der Waals surface area (Å²) in [6.07, 6.45) is 0. The van der Waals surface area contributed by atoms with Crippen molar-refractivity contribution in [3.8, 4) is 5.75 Å². The molecule has 0 spiro atoms. The molecule has 4 rings (SSSR count). The number of hydrogen-bond donors (Lipinski definition) is 1. The predicted molar refractivity (Wildman–Crippen MR) is 144 cm³/mol. The van der Waals surface area contributed by atoms with Crippen LogP contribution in [0.25, 0.3) is 5.76 Å². The van der Waals surface area contributed by atoms with Gasteiger partial charge in [0.25, 0.3) is 11.7 Å². The van der Waals surface area contributed by atoms with E-state index in [0.29, 0.717) is 22.0 Å².